The van der Waals surface area contributed by atoms with E-state index in [0.717, 1.165) is 5.69 Å². The van der Waals surface area contributed by atoms with Crippen molar-refractivity contribution >= 4 is 23.0 Å². The molecular weight excluding hydrogens is 246 g/mol. The van der Waals surface area contributed by atoms with Crippen LogP contribution in [0.1, 0.15) is 6.92 Å². The van der Waals surface area contributed by atoms with E-state index < -0.39 is 0 Å². The summed E-state index contributed by atoms with van der Waals surface area (Å²) in [6.07, 6.45) is 0. The van der Waals surface area contributed by atoms with E-state index in [4.69, 9.17) is 0 Å². The predicted octanol–water partition coefficient (Wildman–Crippen LogP) is 3.39. The summed E-state index contributed by atoms with van der Waals surface area (Å²) in [5, 5.41) is 7.26. The van der Waals surface area contributed by atoms with E-state index in [2.05, 4.69) is 26.9 Å². The minimum absolute atomic E-state index is 0.267. The second kappa shape index (κ2) is 5.69. The molecule has 1 aromatic carbocycles. The highest BCUT2D eigenvalue weighted by molar-refractivity contribution is 7.08. The Morgan fingerprint density at radius 1 is 1.22 bits per heavy atom. The summed E-state index contributed by atoms with van der Waals surface area (Å²) < 4.78 is 4.67. The maximum absolute atomic E-state index is 11.3. The molecule has 0 aliphatic carbocycles. The molecule has 3 nitrogen and oxygen atoms in total. The molecule has 94 valence electrons. The lowest BCUT2D eigenvalue weighted by molar-refractivity contribution is -0.141. The number of anilines is 1. The predicted molar refractivity (Wildman–Crippen MR) is 74.9 cm³/mol. The Kier molecular flexibility index (Phi) is 3.99. The number of esters is 1. The number of hydrogen-bond acceptors (Lipinski definition) is 4. The highest BCUT2D eigenvalue weighted by atomic mass is 32.1. The lowest BCUT2D eigenvalue weighted by Crippen LogP contribution is -2.27. The third kappa shape index (κ3) is 2.90. The van der Waals surface area contributed by atoms with Crippen molar-refractivity contribution in [2.24, 2.45) is 0 Å². The van der Waals surface area contributed by atoms with Gasteiger partial charge < -0.3 is 10.1 Å². The molecule has 1 N–H and O–H groups in total. The maximum Gasteiger partial charge on any atom is 0.327 e. The zero-order valence-electron chi connectivity index (χ0n) is 10.3. The molecule has 0 aliphatic rings. The van der Waals surface area contributed by atoms with E-state index in [1.807, 2.05) is 24.3 Å². The molecule has 1 heterocycles. The van der Waals surface area contributed by atoms with Crippen LogP contribution >= 0.6 is 11.3 Å². The summed E-state index contributed by atoms with van der Waals surface area (Å²) in [5.74, 6) is -0.267. The molecule has 0 aliphatic heterocycles. The average molecular weight is 261 g/mol. The lowest BCUT2D eigenvalue weighted by Gasteiger charge is -2.13. The number of benzene rings is 1. The van der Waals surface area contributed by atoms with Crippen LogP contribution in [0.25, 0.3) is 11.1 Å². The molecule has 0 radical (unpaired) electrons. The third-order valence-electron chi connectivity index (χ3n) is 2.68. The van der Waals surface area contributed by atoms with Crippen molar-refractivity contribution in [1.29, 1.82) is 0 Å². The first-order chi connectivity index (χ1) is 8.70. The number of methoxy groups -OCH3 is 1. The van der Waals surface area contributed by atoms with Crippen molar-refractivity contribution in [1.82, 2.24) is 0 Å². The van der Waals surface area contributed by atoms with E-state index in [0.29, 0.717) is 0 Å². The molecule has 18 heavy (non-hydrogen) atoms. The monoisotopic (exact) mass is 261 g/mol. The highest BCUT2D eigenvalue weighted by Crippen LogP contribution is 2.23. The van der Waals surface area contributed by atoms with Gasteiger partial charge in [-0.15, -0.1) is 0 Å². The fourth-order valence-corrected chi connectivity index (χ4v) is 2.34. The van der Waals surface area contributed by atoms with E-state index in [1.54, 1.807) is 18.3 Å². The molecule has 1 atom stereocenters. The minimum Gasteiger partial charge on any atom is -0.467 e. The summed E-state index contributed by atoms with van der Waals surface area (Å²) in [6.45, 7) is 1.78. The summed E-state index contributed by atoms with van der Waals surface area (Å²) >= 11 is 1.68. The van der Waals surface area contributed by atoms with Crippen molar-refractivity contribution in [3.63, 3.8) is 0 Å². The molecule has 0 amide bonds. The Balaban J connectivity index is 2.06. The maximum atomic E-state index is 11.3. The molecule has 0 saturated carbocycles. The van der Waals surface area contributed by atoms with Crippen LogP contribution in [0, 0.1) is 0 Å². The Hall–Kier alpha value is -1.81. The largest absolute Gasteiger partial charge is 0.467 e. The third-order valence-corrected chi connectivity index (χ3v) is 3.36. The molecule has 2 rings (SSSR count). The van der Waals surface area contributed by atoms with Crippen LogP contribution in [-0.2, 0) is 9.53 Å². The van der Waals surface area contributed by atoms with Gasteiger partial charge >= 0.3 is 5.97 Å². The Bertz CT molecular complexity index is 505. The summed E-state index contributed by atoms with van der Waals surface area (Å²) in [4.78, 5) is 11.3. The minimum atomic E-state index is -0.345. The zero-order chi connectivity index (χ0) is 13.0. The fourth-order valence-electron chi connectivity index (χ4n) is 1.67. The van der Waals surface area contributed by atoms with Gasteiger partial charge in [-0.3, -0.25) is 0 Å². The van der Waals surface area contributed by atoms with Gasteiger partial charge in [0.05, 0.1) is 7.11 Å². The first kappa shape index (κ1) is 12.6. The SMILES string of the molecule is COC(=O)[C@H](C)Nc1ccc(-c2ccsc2)cc1. The number of ether oxygens (including phenoxy) is 1. The number of carbonyl (C=O) groups is 1. The van der Waals surface area contributed by atoms with Crippen LogP contribution in [-0.4, -0.2) is 19.1 Å². The summed E-state index contributed by atoms with van der Waals surface area (Å²) in [7, 11) is 1.39. The normalized spacial score (nSPS) is 11.9. The molecule has 1 aromatic heterocycles. The Labute approximate surface area is 110 Å². The molecule has 0 spiro atoms. The van der Waals surface area contributed by atoms with Gasteiger partial charge in [0.25, 0.3) is 0 Å². The summed E-state index contributed by atoms with van der Waals surface area (Å²) in [6, 6.07) is 9.74. The molecule has 0 fully saturated rings. The van der Waals surface area contributed by atoms with Crippen LogP contribution in [0.5, 0.6) is 0 Å². The highest BCUT2D eigenvalue weighted by Gasteiger charge is 2.12. The molecule has 2 aromatic rings. The topological polar surface area (TPSA) is 38.3 Å². The van der Waals surface area contributed by atoms with Crippen LogP contribution in [0.2, 0.25) is 0 Å². The van der Waals surface area contributed by atoms with Crippen molar-refractivity contribution in [3.05, 3.63) is 41.1 Å². The molecular formula is C14H15NO2S. The molecule has 0 saturated heterocycles. The number of hydrogen-bond donors (Lipinski definition) is 1. The van der Waals surface area contributed by atoms with Crippen LogP contribution in [0.15, 0.2) is 41.1 Å². The number of rotatable bonds is 4. The van der Waals surface area contributed by atoms with E-state index in [1.165, 1.54) is 18.2 Å². The Morgan fingerprint density at radius 2 is 1.94 bits per heavy atom. The molecule has 0 bridgehead atoms. The molecule has 0 unspecified atom stereocenters. The van der Waals surface area contributed by atoms with Gasteiger partial charge in [0.1, 0.15) is 6.04 Å². The van der Waals surface area contributed by atoms with Crippen LogP contribution in [0.3, 0.4) is 0 Å². The van der Waals surface area contributed by atoms with E-state index >= 15 is 0 Å². The standard InChI is InChI=1S/C14H15NO2S/c1-10(14(16)17-2)15-13-5-3-11(4-6-13)12-7-8-18-9-12/h3-10,15H,1-2H3/t10-/m0/s1. The number of nitrogens with one attached hydrogen (secondary N) is 1. The molecule has 4 heteroatoms. The van der Waals surface area contributed by atoms with Gasteiger partial charge in [-0.1, -0.05) is 12.1 Å². The first-order valence-electron chi connectivity index (χ1n) is 5.67. The van der Waals surface area contributed by atoms with E-state index in [9.17, 15) is 4.79 Å². The zero-order valence-corrected chi connectivity index (χ0v) is 11.2. The second-order valence-corrected chi connectivity index (χ2v) is 4.76. The quantitative estimate of drug-likeness (QED) is 0.857. The first-order valence-corrected chi connectivity index (χ1v) is 6.62. The smallest absolute Gasteiger partial charge is 0.327 e. The van der Waals surface area contributed by atoms with Crippen LogP contribution in [0.4, 0.5) is 5.69 Å². The number of thiophene rings is 1. The second-order valence-electron chi connectivity index (χ2n) is 3.98. The Morgan fingerprint density at radius 3 is 2.50 bits per heavy atom. The van der Waals surface area contributed by atoms with Gasteiger partial charge in [0.15, 0.2) is 0 Å². The van der Waals surface area contributed by atoms with Crippen molar-refractivity contribution in [3.8, 4) is 11.1 Å². The average Bonchev–Trinajstić information content (AvgIpc) is 2.92. The number of carbonyl (C=O) groups excluding carboxylic acids is 1. The van der Waals surface area contributed by atoms with Crippen LogP contribution < -0.4 is 5.32 Å². The van der Waals surface area contributed by atoms with Gasteiger partial charge in [-0.25, -0.2) is 4.79 Å². The van der Waals surface area contributed by atoms with Gasteiger partial charge in [0.2, 0.25) is 0 Å². The summed E-state index contributed by atoms with van der Waals surface area (Å²) in [5.41, 5.74) is 3.30. The van der Waals surface area contributed by atoms with Crippen molar-refractivity contribution < 1.29 is 9.53 Å². The van der Waals surface area contributed by atoms with Gasteiger partial charge in [0, 0.05) is 5.69 Å². The van der Waals surface area contributed by atoms with Crippen molar-refractivity contribution in [2.75, 3.05) is 12.4 Å². The van der Waals surface area contributed by atoms with Crippen molar-refractivity contribution in [2.45, 2.75) is 13.0 Å². The lowest BCUT2D eigenvalue weighted by atomic mass is 10.1. The van der Waals surface area contributed by atoms with Gasteiger partial charge in [-0.05, 0) is 47.0 Å². The fraction of sp³-hybridized carbons (Fsp3) is 0.214. The van der Waals surface area contributed by atoms with E-state index in [-0.39, 0.29) is 12.0 Å². The van der Waals surface area contributed by atoms with Gasteiger partial charge in [-0.2, -0.15) is 11.3 Å².